The number of fused-ring (bicyclic) bond motifs is 2. The predicted octanol–water partition coefficient (Wildman–Crippen LogP) is 3.56. The zero-order chi connectivity index (χ0) is 16.4. The van der Waals surface area contributed by atoms with Crippen LogP contribution in [0.3, 0.4) is 0 Å². The van der Waals surface area contributed by atoms with Crippen molar-refractivity contribution >= 4 is 12.1 Å². The van der Waals surface area contributed by atoms with Crippen molar-refractivity contribution in [3.8, 4) is 0 Å². The Labute approximate surface area is 133 Å². The molecule has 1 aromatic rings. The third-order valence-electron chi connectivity index (χ3n) is 4.99. The first-order chi connectivity index (χ1) is 10.9. The summed E-state index contributed by atoms with van der Waals surface area (Å²) in [5.41, 5.74) is 3.36. The van der Waals surface area contributed by atoms with Gasteiger partial charge in [0.15, 0.2) is 0 Å². The van der Waals surface area contributed by atoms with Crippen molar-refractivity contribution in [1.82, 2.24) is 5.43 Å². The molecule has 23 heavy (non-hydrogen) atoms. The summed E-state index contributed by atoms with van der Waals surface area (Å²) in [5, 5.41) is 3.95. The van der Waals surface area contributed by atoms with Crippen LogP contribution in [0.2, 0.25) is 0 Å². The smallest absolute Gasteiger partial charge is 0.273 e. The topological polar surface area (TPSA) is 41.5 Å². The van der Waals surface area contributed by atoms with Gasteiger partial charge in [-0.25, -0.2) is 5.43 Å². The molecule has 0 radical (unpaired) electrons. The minimum atomic E-state index is -4.08. The highest BCUT2D eigenvalue weighted by Crippen LogP contribution is 2.56. The fourth-order valence-electron chi connectivity index (χ4n) is 3.93. The number of nitrogens with zero attached hydrogens (tertiary/aromatic N) is 1. The summed E-state index contributed by atoms with van der Waals surface area (Å²) in [4.78, 5) is 11.8. The quantitative estimate of drug-likeness (QED) is 0.668. The highest BCUT2D eigenvalue weighted by molar-refractivity contribution is 5.79. The van der Waals surface area contributed by atoms with Crippen LogP contribution < -0.4 is 5.43 Å². The van der Waals surface area contributed by atoms with E-state index in [2.05, 4.69) is 10.5 Å². The molecule has 6 heteroatoms. The molecule has 2 aliphatic carbocycles. The van der Waals surface area contributed by atoms with Crippen molar-refractivity contribution in [3.05, 3.63) is 35.9 Å². The second kappa shape index (κ2) is 6.34. The molecule has 1 N–H and O–H groups in total. The first-order valence-corrected chi connectivity index (χ1v) is 7.86. The van der Waals surface area contributed by atoms with Crippen molar-refractivity contribution in [2.75, 3.05) is 0 Å². The summed E-state index contributed by atoms with van der Waals surface area (Å²) in [7, 11) is 0. The van der Waals surface area contributed by atoms with Gasteiger partial charge in [0, 0.05) is 6.21 Å². The molecule has 3 nitrogen and oxygen atoms in total. The molecular formula is C17H19F3N2O. The first kappa shape index (κ1) is 16.0. The van der Waals surface area contributed by atoms with E-state index >= 15 is 0 Å². The van der Waals surface area contributed by atoms with Crippen molar-refractivity contribution in [3.63, 3.8) is 0 Å². The van der Waals surface area contributed by atoms with Crippen molar-refractivity contribution in [2.24, 2.45) is 28.8 Å². The maximum atomic E-state index is 12.8. The standard InChI is InChI=1S/C17H19F3N2O/c18-17(19,20)15-9-12-7-13(15)8-14(12)10-21-22-16(23)6-11-4-2-1-3-5-11/h1-5,10,12-15H,6-9H2,(H,22,23)/b21-10-/t12-,13+,14+,15+/m1/s1. The van der Waals surface area contributed by atoms with E-state index < -0.39 is 12.1 Å². The number of nitrogens with one attached hydrogen (secondary N) is 1. The molecule has 0 heterocycles. The van der Waals surface area contributed by atoms with Gasteiger partial charge < -0.3 is 0 Å². The molecule has 2 fully saturated rings. The number of hydrogen-bond donors (Lipinski definition) is 1. The molecule has 4 atom stereocenters. The molecule has 124 valence electrons. The van der Waals surface area contributed by atoms with Crippen LogP contribution in [0.25, 0.3) is 0 Å². The fraction of sp³-hybridized carbons (Fsp3) is 0.529. The van der Waals surface area contributed by atoms with E-state index in [-0.39, 0.29) is 36.5 Å². The lowest BCUT2D eigenvalue weighted by Gasteiger charge is -2.27. The number of amides is 1. The fourth-order valence-corrected chi connectivity index (χ4v) is 3.93. The lowest BCUT2D eigenvalue weighted by Crippen LogP contribution is -2.31. The largest absolute Gasteiger partial charge is 0.392 e. The summed E-state index contributed by atoms with van der Waals surface area (Å²) < 4.78 is 38.5. The van der Waals surface area contributed by atoms with Crippen molar-refractivity contribution < 1.29 is 18.0 Å². The third-order valence-corrected chi connectivity index (χ3v) is 4.99. The van der Waals surface area contributed by atoms with Gasteiger partial charge in [-0.1, -0.05) is 30.3 Å². The molecule has 3 rings (SSSR count). The van der Waals surface area contributed by atoms with Gasteiger partial charge in [0.2, 0.25) is 5.91 Å². The van der Waals surface area contributed by atoms with Crippen LogP contribution in [0, 0.1) is 23.7 Å². The zero-order valence-electron chi connectivity index (χ0n) is 12.6. The maximum absolute atomic E-state index is 12.8. The number of carbonyl (C=O) groups is 1. The van der Waals surface area contributed by atoms with Crippen LogP contribution in [-0.2, 0) is 11.2 Å². The summed E-state index contributed by atoms with van der Waals surface area (Å²) >= 11 is 0. The SMILES string of the molecule is O=C(Cc1ccccc1)N/N=C\[C@@H]1C[C@@H]2C[C@@H]1C[C@@H]2C(F)(F)F. The zero-order valence-corrected chi connectivity index (χ0v) is 12.6. The van der Waals surface area contributed by atoms with Crippen LogP contribution in [0.4, 0.5) is 13.2 Å². The predicted molar refractivity (Wildman–Crippen MR) is 80.6 cm³/mol. The Kier molecular flexibility index (Phi) is 4.41. The van der Waals surface area contributed by atoms with Crippen LogP contribution in [-0.4, -0.2) is 18.3 Å². The number of rotatable bonds is 4. The Hall–Kier alpha value is -1.85. The Bertz CT molecular complexity index is 585. The Balaban J connectivity index is 1.47. The number of carbonyl (C=O) groups excluding carboxylic acids is 1. The van der Waals surface area contributed by atoms with Gasteiger partial charge >= 0.3 is 6.18 Å². The molecular weight excluding hydrogens is 305 g/mol. The number of alkyl halides is 3. The monoisotopic (exact) mass is 324 g/mol. The Morgan fingerprint density at radius 2 is 1.91 bits per heavy atom. The molecule has 0 saturated heterocycles. The van der Waals surface area contributed by atoms with Crippen LogP contribution in [0.5, 0.6) is 0 Å². The molecule has 0 unspecified atom stereocenters. The van der Waals surface area contributed by atoms with Gasteiger partial charge in [0.1, 0.15) is 0 Å². The van der Waals surface area contributed by atoms with Crippen LogP contribution in [0.1, 0.15) is 24.8 Å². The van der Waals surface area contributed by atoms with Crippen molar-refractivity contribution in [2.45, 2.75) is 31.9 Å². The molecule has 0 aromatic heterocycles. The lowest BCUT2D eigenvalue weighted by molar-refractivity contribution is -0.187. The second-order valence-electron chi connectivity index (χ2n) is 6.51. The average molecular weight is 324 g/mol. The molecule has 0 spiro atoms. The average Bonchev–Trinajstić information content (AvgIpc) is 3.08. The highest BCUT2D eigenvalue weighted by Gasteiger charge is 2.55. The van der Waals surface area contributed by atoms with Gasteiger partial charge in [0.05, 0.1) is 12.3 Å². The first-order valence-electron chi connectivity index (χ1n) is 7.86. The minimum Gasteiger partial charge on any atom is -0.273 e. The van der Waals surface area contributed by atoms with Crippen molar-refractivity contribution in [1.29, 1.82) is 0 Å². The molecule has 0 aliphatic heterocycles. The number of hydrogen-bond acceptors (Lipinski definition) is 2. The van der Waals surface area contributed by atoms with Gasteiger partial charge in [-0.3, -0.25) is 4.79 Å². The Morgan fingerprint density at radius 3 is 2.52 bits per heavy atom. The molecule has 2 aliphatic rings. The lowest BCUT2D eigenvalue weighted by atomic mass is 9.82. The van der Waals surface area contributed by atoms with E-state index in [1.165, 1.54) is 0 Å². The summed E-state index contributed by atoms with van der Waals surface area (Å²) in [6.07, 6.45) is -0.870. The van der Waals surface area contributed by atoms with E-state index in [0.29, 0.717) is 12.8 Å². The summed E-state index contributed by atoms with van der Waals surface area (Å²) in [6, 6.07) is 9.31. The Morgan fingerprint density at radius 1 is 1.17 bits per heavy atom. The molecule has 2 bridgehead atoms. The third kappa shape index (κ3) is 3.74. The highest BCUT2D eigenvalue weighted by atomic mass is 19.4. The second-order valence-corrected chi connectivity index (χ2v) is 6.51. The van der Waals surface area contributed by atoms with E-state index in [9.17, 15) is 18.0 Å². The van der Waals surface area contributed by atoms with Gasteiger partial charge in [0.25, 0.3) is 0 Å². The van der Waals surface area contributed by atoms with Gasteiger partial charge in [-0.05, 0) is 42.6 Å². The minimum absolute atomic E-state index is 0.0430. The van der Waals surface area contributed by atoms with E-state index in [0.717, 1.165) is 5.56 Å². The number of halogens is 3. The molecule has 1 aromatic carbocycles. The normalized spacial score (nSPS) is 30.0. The van der Waals surface area contributed by atoms with Gasteiger partial charge in [-0.2, -0.15) is 18.3 Å². The van der Waals surface area contributed by atoms with Gasteiger partial charge in [-0.15, -0.1) is 0 Å². The van der Waals surface area contributed by atoms with Crippen LogP contribution >= 0.6 is 0 Å². The maximum Gasteiger partial charge on any atom is 0.392 e. The van der Waals surface area contributed by atoms with E-state index in [1.54, 1.807) is 6.21 Å². The number of hydrazone groups is 1. The van der Waals surface area contributed by atoms with E-state index in [4.69, 9.17) is 0 Å². The summed E-state index contributed by atoms with van der Waals surface area (Å²) in [5.74, 6) is -1.55. The van der Waals surface area contributed by atoms with Crippen LogP contribution in [0.15, 0.2) is 35.4 Å². The molecule has 2 saturated carbocycles. The molecule has 1 amide bonds. The van der Waals surface area contributed by atoms with E-state index in [1.807, 2.05) is 30.3 Å². The summed E-state index contributed by atoms with van der Waals surface area (Å²) in [6.45, 7) is 0. The number of benzene rings is 1.